The van der Waals surface area contributed by atoms with E-state index in [4.69, 9.17) is 10.2 Å². The Hall–Kier alpha value is -1.68. The Labute approximate surface area is 101 Å². The molecule has 2 N–H and O–H groups in total. The van der Waals surface area contributed by atoms with Crippen molar-refractivity contribution >= 4 is 0 Å². The Morgan fingerprint density at radius 1 is 1.24 bits per heavy atom. The minimum atomic E-state index is 0.606. The normalized spacial score (nSPS) is 10.7. The van der Waals surface area contributed by atoms with Gasteiger partial charge in [-0.05, 0) is 31.0 Å². The Balaban J connectivity index is 2.24. The summed E-state index contributed by atoms with van der Waals surface area (Å²) in [5, 5.41) is 8.12. The third-order valence-electron chi connectivity index (χ3n) is 2.69. The largest absolute Gasteiger partial charge is 0.421 e. The van der Waals surface area contributed by atoms with Crippen LogP contribution in [0.3, 0.4) is 0 Å². The summed E-state index contributed by atoms with van der Waals surface area (Å²) in [6, 6.07) is 8.10. The van der Waals surface area contributed by atoms with Gasteiger partial charge in [0.1, 0.15) is 0 Å². The van der Waals surface area contributed by atoms with E-state index in [9.17, 15) is 0 Å². The van der Waals surface area contributed by atoms with Crippen LogP contribution >= 0.6 is 0 Å². The van der Waals surface area contributed by atoms with Crippen molar-refractivity contribution in [2.45, 2.75) is 26.2 Å². The lowest BCUT2D eigenvalue weighted by atomic mass is 10.1. The first-order valence-electron chi connectivity index (χ1n) is 5.96. The smallest absolute Gasteiger partial charge is 0.248 e. The molecule has 1 aromatic carbocycles. The highest BCUT2D eigenvalue weighted by molar-refractivity contribution is 5.58. The van der Waals surface area contributed by atoms with E-state index in [2.05, 4.69) is 23.2 Å². The summed E-state index contributed by atoms with van der Waals surface area (Å²) in [5.41, 5.74) is 7.70. The first-order chi connectivity index (χ1) is 8.35. The molecule has 0 aliphatic carbocycles. The van der Waals surface area contributed by atoms with Crippen LogP contribution in [-0.4, -0.2) is 16.7 Å². The molecule has 4 heteroatoms. The summed E-state index contributed by atoms with van der Waals surface area (Å²) < 4.78 is 5.64. The van der Waals surface area contributed by atoms with E-state index in [0.29, 0.717) is 18.3 Å². The summed E-state index contributed by atoms with van der Waals surface area (Å²) in [4.78, 5) is 0. The highest BCUT2D eigenvalue weighted by Gasteiger charge is 2.10. The Morgan fingerprint density at radius 3 is 2.82 bits per heavy atom. The standard InChI is InChI=1S/C13H17N3O/c1-2-10-6-3-4-7-11(10)13-16-15-12(17-13)8-5-9-14/h3-4,6-7H,2,5,8-9,14H2,1H3. The predicted molar refractivity (Wildman–Crippen MR) is 66.5 cm³/mol. The van der Waals surface area contributed by atoms with Gasteiger partial charge in [0.15, 0.2) is 0 Å². The Bertz CT molecular complexity index is 479. The minimum Gasteiger partial charge on any atom is -0.421 e. The highest BCUT2D eigenvalue weighted by Crippen LogP contribution is 2.22. The number of aryl methyl sites for hydroxylation is 2. The van der Waals surface area contributed by atoms with Crippen LogP contribution in [0.1, 0.15) is 24.8 Å². The molecule has 2 rings (SSSR count). The van der Waals surface area contributed by atoms with Gasteiger partial charge in [-0.25, -0.2) is 0 Å². The van der Waals surface area contributed by atoms with Crippen LogP contribution in [0.15, 0.2) is 28.7 Å². The Morgan fingerprint density at radius 2 is 2.06 bits per heavy atom. The number of hydrogen-bond donors (Lipinski definition) is 1. The fourth-order valence-electron chi connectivity index (χ4n) is 1.75. The van der Waals surface area contributed by atoms with Crippen molar-refractivity contribution in [3.63, 3.8) is 0 Å². The van der Waals surface area contributed by atoms with Crippen LogP contribution in [-0.2, 0) is 12.8 Å². The highest BCUT2D eigenvalue weighted by atomic mass is 16.4. The van der Waals surface area contributed by atoms with Crippen molar-refractivity contribution in [3.05, 3.63) is 35.7 Å². The number of nitrogens with two attached hydrogens (primary N) is 1. The van der Waals surface area contributed by atoms with Gasteiger partial charge in [-0.3, -0.25) is 0 Å². The fourth-order valence-corrected chi connectivity index (χ4v) is 1.75. The molecule has 0 saturated carbocycles. The number of hydrogen-bond acceptors (Lipinski definition) is 4. The second kappa shape index (κ2) is 5.59. The molecule has 90 valence electrons. The van der Waals surface area contributed by atoms with Gasteiger partial charge in [-0.15, -0.1) is 10.2 Å². The van der Waals surface area contributed by atoms with Crippen LogP contribution in [0.4, 0.5) is 0 Å². The molecular formula is C13H17N3O. The minimum absolute atomic E-state index is 0.606. The zero-order valence-corrected chi connectivity index (χ0v) is 10.0. The van der Waals surface area contributed by atoms with E-state index in [-0.39, 0.29) is 0 Å². The molecule has 0 aliphatic heterocycles. The molecule has 0 amide bonds. The summed E-state index contributed by atoms with van der Waals surface area (Å²) in [5.74, 6) is 1.27. The lowest BCUT2D eigenvalue weighted by molar-refractivity contribution is 0.498. The first kappa shape index (κ1) is 11.8. The van der Waals surface area contributed by atoms with Crippen molar-refractivity contribution in [1.82, 2.24) is 10.2 Å². The van der Waals surface area contributed by atoms with Crippen LogP contribution in [0.2, 0.25) is 0 Å². The molecule has 17 heavy (non-hydrogen) atoms. The lowest BCUT2D eigenvalue weighted by Gasteiger charge is -2.01. The molecule has 0 atom stereocenters. The van der Waals surface area contributed by atoms with Gasteiger partial charge in [-0.1, -0.05) is 25.1 Å². The van der Waals surface area contributed by atoms with Crippen molar-refractivity contribution in [1.29, 1.82) is 0 Å². The van der Waals surface area contributed by atoms with Crippen molar-refractivity contribution in [2.75, 3.05) is 6.54 Å². The summed E-state index contributed by atoms with van der Waals surface area (Å²) in [6.07, 6.45) is 2.57. The molecule has 0 bridgehead atoms. The average molecular weight is 231 g/mol. The maximum atomic E-state index is 5.64. The molecule has 2 aromatic rings. The molecule has 0 aliphatic rings. The monoisotopic (exact) mass is 231 g/mol. The molecule has 0 fully saturated rings. The Kier molecular flexibility index (Phi) is 3.88. The number of benzene rings is 1. The van der Waals surface area contributed by atoms with Gasteiger partial charge in [0.2, 0.25) is 11.8 Å². The summed E-state index contributed by atoms with van der Waals surface area (Å²) in [7, 11) is 0. The molecule has 0 saturated heterocycles. The quantitative estimate of drug-likeness (QED) is 0.856. The maximum absolute atomic E-state index is 5.64. The first-order valence-corrected chi connectivity index (χ1v) is 5.96. The third kappa shape index (κ3) is 2.71. The summed E-state index contributed by atoms with van der Waals surface area (Å²) >= 11 is 0. The van der Waals surface area contributed by atoms with E-state index in [1.165, 1.54) is 5.56 Å². The lowest BCUT2D eigenvalue weighted by Crippen LogP contribution is -2.00. The second-order valence-corrected chi connectivity index (χ2v) is 3.90. The number of aromatic nitrogens is 2. The van der Waals surface area contributed by atoms with Crippen molar-refractivity contribution in [2.24, 2.45) is 5.73 Å². The molecule has 1 aromatic heterocycles. The van der Waals surface area contributed by atoms with Crippen LogP contribution < -0.4 is 5.73 Å². The van der Waals surface area contributed by atoms with Gasteiger partial charge < -0.3 is 10.2 Å². The zero-order chi connectivity index (χ0) is 12.1. The molecule has 0 unspecified atom stereocenters. The second-order valence-electron chi connectivity index (χ2n) is 3.90. The summed E-state index contributed by atoms with van der Waals surface area (Å²) in [6.45, 7) is 2.76. The fraction of sp³-hybridized carbons (Fsp3) is 0.385. The maximum Gasteiger partial charge on any atom is 0.248 e. The van der Waals surface area contributed by atoms with Gasteiger partial charge >= 0.3 is 0 Å². The van der Waals surface area contributed by atoms with Crippen molar-refractivity contribution < 1.29 is 4.42 Å². The molecular weight excluding hydrogens is 214 g/mol. The van der Waals surface area contributed by atoms with Gasteiger partial charge in [0, 0.05) is 12.0 Å². The van der Waals surface area contributed by atoms with Gasteiger partial charge in [-0.2, -0.15) is 0 Å². The van der Waals surface area contributed by atoms with Crippen LogP contribution in [0.25, 0.3) is 11.5 Å². The van der Waals surface area contributed by atoms with Crippen molar-refractivity contribution in [3.8, 4) is 11.5 Å². The van der Waals surface area contributed by atoms with Crippen LogP contribution in [0, 0.1) is 0 Å². The van der Waals surface area contributed by atoms with E-state index in [1.807, 2.05) is 18.2 Å². The predicted octanol–water partition coefficient (Wildman–Crippen LogP) is 2.19. The van der Waals surface area contributed by atoms with E-state index < -0.39 is 0 Å². The van der Waals surface area contributed by atoms with E-state index >= 15 is 0 Å². The van der Waals surface area contributed by atoms with Crippen LogP contribution in [0.5, 0.6) is 0 Å². The van der Waals surface area contributed by atoms with E-state index in [1.54, 1.807) is 0 Å². The molecule has 0 spiro atoms. The average Bonchev–Trinajstić information content (AvgIpc) is 2.85. The van der Waals surface area contributed by atoms with E-state index in [0.717, 1.165) is 24.8 Å². The van der Waals surface area contributed by atoms with Gasteiger partial charge in [0.05, 0.1) is 0 Å². The third-order valence-corrected chi connectivity index (χ3v) is 2.69. The number of nitrogens with zero attached hydrogens (tertiary/aromatic N) is 2. The topological polar surface area (TPSA) is 64.9 Å². The zero-order valence-electron chi connectivity index (χ0n) is 10.0. The molecule has 4 nitrogen and oxygen atoms in total. The molecule has 0 radical (unpaired) electrons. The van der Waals surface area contributed by atoms with Gasteiger partial charge in [0.25, 0.3) is 0 Å². The molecule has 1 heterocycles. The number of rotatable bonds is 5. The SMILES string of the molecule is CCc1ccccc1-c1nnc(CCCN)o1.